The first-order valence-corrected chi connectivity index (χ1v) is 8.28. The Morgan fingerprint density at radius 1 is 1.15 bits per heavy atom. The van der Waals surface area contributed by atoms with Gasteiger partial charge in [0.1, 0.15) is 11.8 Å². The lowest BCUT2D eigenvalue weighted by atomic mass is 10.1. The first kappa shape index (κ1) is 19.8. The maximum absolute atomic E-state index is 12.4. The van der Waals surface area contributed by atoms with Crippen LogP contribution in [0.25, 0.3) is 0 Å². The standard InChI is InChI=1S/C18H15Cl2NO5/c1-10(22)26-14-4-2-3-12(7-14)17(23)21-16(18(24)25)8-11-5-6-13(19)9-15(11)20/h2-7,9,16H,8H2,1H3,(H,21,23)(H,24,25)/t16-/m0/s1. The van der Waals surface area contributed by atoms with Gasteiger partial charge in [-0.25, -0.2) is 4.79 Å². The third-order valence-electron chi connectivity index (χ3n) is 3.40. The SMILES string of the molecule is CC(=O)Oc1cccc(C(=O)N[C@@H](Cc2ccc(Cl)cc2Cl)C(=O)O)c1. The van der Waals surface area contributed by atoms with Crippen LogP contribution in [0.4, 0.5) is 0 Å². The topological polar surface area (TPSA) is 92.7 Å². The Morgan fingerprint density at radius 3 is 2.50 bits per heavy atom. The summed E-state index contributed by atoms with van der Waals surface area (Å²) < 4.78 is 4.91. The molecule has 0 radical (unpaired) electrons. The number of nitrogens with one attached hydrogen (secondary N) is 1. The van der Waals surface area contributed by atoms with Crippen LogP contribution in [-0.2, 0) is 16.0 Å². The van der Waals surface area contributed by atoms with Crippen LogP contribution in [0, 0.1) is 0 Å². The van der Waals surface area contributed by atoms with E-state index in [-0.39, 0.29) is 17.7 Å². The summed E-state index contributed by atoms with van der Waals surface area (Å²) >= 11 is 11.9. The zero-order valence-corrected chi connectivity index (χ0v) is 15.2. The van der Waals surface area contributed by atoms with E-state index < -0.39 is 23.9 Å². The smallest absolute Gasteiger partial charge is 0.326 e. The molecule has 0 aliphatic heterocycles. The van der Waals surface area contributed by atoms with E-state index >= 15 is 0 Å². The molecule has 0 aromatic heterocycles. The number of carbonyl (C=O) groups excluding carboxylic acids is 2. The van der Waals surface area contributed by atoms with E-state index in [1.54, 1.807) is 12.1 Å². The number of ether oxygens (including phenoxy) is 1. The molecule has 0 aliphatic carbocycles. The highest BCUT2D eigenvalue weighted by atomic mass is 35.5. The van der Waals surface area contributed by atoms with Crippen molar-refractivity contribution in [3.8, 4) is 5.75 Å². The number of carboxylic acid groups (broad SMARTS) is 1. The van der Waals surface area contributed by atoms with Crippen molar-refractivity contribution in [2.24, 2.45) is 0 Å². The zero-order valence-electron chi connectivity index (χ0n) is 13.7. The molecule has 1 amide bonds. The van der Waals surface area contributed by atoms with E-state index in [2.05, 4.69) is 5.32 Å². The molecule has 2 aromatic carbocycles. The van der Waals surface area contributed by atoms with Gasteiger partial charge in [-0.3, -0.25) is 9.59 Å². The molecule has 0 saturated carbocycles. The monoisotopic (exact) mass is 395 g/mol. The molecule has 0 bridgehead atoms. The highest BCUT2D eigenvalue weighted by molar-refractivity contribution is 6.35. The molecule has 0 unspecified atom stereocenters. The summed E-state index contributed by atoms with van der Waals surface area (Å²) in [5.41, 5.74) is 0.703. The molecule has 136 valence electrons. The lowest BCUT2D eigenvalue weighted by Crippen LogP contribution is -2.42. The second kappa shape index (κ2) is 8.69. The number of carboxylic acids is 1. The fraction of sp³-hybridized carbons (Fsp3) is 0.167. The molecule has 0 heterocycles. The summed E-state index contributed by atoms with van der Waals surface area (Å²) in [7, 11) is 0. The van der Waals surface area contributed by atoms with Gasteiger partial charge in [0.15, 0.2) is 0 Å². The number of esters is 1. The van der Waals surface area contributed by atoms with E-state index in [4.69, 9.17) is 27.9 Å². The van der Waals surface area contributed by atoms with Crippen LogP contribution in [0.2, 0.25) is 10.0 Å². The highest BCUT2D eigenvalue weighted by Crippen LogP contribution is 2.22. The zero-order chi connectivity index (χ0) is 19.3. The summed E-state index contributed by atoms with van der Waals surface area (Å²) in [4.78, 5) is 34.9. The minimum Gasteiger partial charge on any atom is -0.480 e. The Hall–Kier alpha value is -2.57. The van der Waals surface area contributed by atoms with Crippen LogP contribution in [0.15, 0.2) is 42.5 Å². The number of benzene rings is 2. The second-order valence-electron chi connectivity index (χ2n) is 5.43. The van der Waals surface area contributed by atoms with Crippen molar-refractivity contribution < 1.29 is 24.2 Å². The van der Waals surface area contributed by atoms with E-state index in [1.165, 1.54) is 37.3 Å². The van der Waals surface area contributed by atoms with Crippen molar-refractivity contribution in [3.05, 3.63) is 63.6 Å². The summed E-state index contributed by atoms with van der Waals surface area (Å²) in [6, 6.07) is 9.38. The van der Waals surface area contributed by atoms with Crippen LogP contribution >= 0.6 is 23.2 Å². The van der Waals surface area contributed by atoms with Gasteiger partial charge in [-0.15, -0.1) is 0 Å². The van der Waals surface area contributed by atoms with Gasteiger partial charge in [-0.05, 0) is 35.9 Å². The van der Waals surface area contributed by atoms with Gasteiger partial charge in [0, 0.05) is 29.0 Å². The summed E-state index contributed by atoms with van der Waals surface area (Å²) in [6.07, 6.45) is -0.0132. The predicted octanol–water partition coefficient (Wildman–Crippen LogP) is 3.34. The number of halogens is 2. The van der Waals surface area contributed by atoms with Crippen LogP contribution < -0.4 is 10.1 Å². The summed E-state index contributed by atoms with van der Waals surface area (Å²) in [5, 5.41) is 12.6. The van der Waals surface area contributed by atoms with Gasteiger partial charge in [0.05, 0.1) is 0 Å². The number of hydrogen-bond donors (Lipinski definition) is 2. The Morgan fingerprint density at radius 2 is 1.88 bits per heavy atom. The fourth-order valence-electron chi connectivity index (χ4n) is 2.22. The van der Waals surface area contributed by atoms with Gasteiger partial charge in [0.2, 0.25) is 0 Å². The minimum absolute atomic E-state index is 0.0132. The van der Waals surface area contributed by atoms with Gasteiger partial charge in [-0.2, -0.15) is 0 Å². The van der Waals surface area contributed by atoms with Crippen LogP contribution in [-0.4, -0.2) is 29.0 Å². The number of carbonyl (C=O) groups is 3. The number of rotatable bonds is 6. The van der Waals surface area contributed by atoms with Crippen LogP contribution in [0.1, 0.15) is 22.8 Å². The molecule has 2 aromatic rings. The van der Waals surface area contributed by atoms with Crippen molar-refractivity contribution in [1.82, 2.24) is 5.32 Å². The fourth-order valence-corrected chi connectivity index (χ4v) is 2.70. The van der Waals surface area contributed by atoms with E-state index in [1.807, 2.05) is 0 Å². The summed E-state index contributed by atoms with van der Waals surface area (Å²) in [6.45, 7) is 1.24. The average molecular weight is 396 g/mol. The van der Waals surface area contributed by atoms with Gasteiger partial charge in [-0.1, -0.05) is 35.3 Å². The maximum Gasteiger partial charge on any atom is 0.326 e. The van der Waals surface area contributed by atoms with E-state index in [9.17, 15) is 19.5 Å². The third kappa shape index (κ3) is 5.47. The molecular weight excluding hydrogens is 381 g/mol. The molecular formula is C18H15Cl2NO5. The van der Waals surface area contributed by atoms with E-state index in [0.717, 1.165) is 0 Å². The number of amides is 1. The summed E-state index contributed by atoms with van der Waals surface area (Å²) in [5.74, 6) is -2.15. The Balaban J connectivity index is 2.15. The first-order valence-electron chi connectivity index (χ1n) is 7.52. The lowest BCUT2D eigenvalue weighted by Gasteiger charge is -2.16. The molecule has 6 nitrogen and oxygen atoms in total. The van der Waals surface area contributed by atoms with Gasteiger partial charge in [0.25, 0.3) is 5.91 Å². The molecule has 0 aliphatic rings. The molecule has 8 heteroatoms. The van der Waals surface area contributed by atoms with Gasteiger partial charge < -0.3 is 15.2 Å². The van der Waals surface area contributed by atoms with Crippen LogP contribution in [0.3, 0.4) is 0 Å². The van der Waals surface area contributed by atoms with Crippen molar-refractivity contribution in [2.75, 3.05) is 0 Å². The van der Waals surface area contributed by atoms with Crippen LogP contribution in [0.5, 0.6) is 5.75 Å². The first-order chi connectivity index (χ1) is 12.3. The molecule has 0 saturated heterocycles. The average Bonchev–Trinajstić information content (AvgIpc) is 2.55. The van der Waals surface area contributed by atoms with Gasteiger partial charge >= 0.3 is 11.9 Å². The third-order valence-corrected chi connectivity index (χ3v) is 3.99. The number of hydrogen-bond acceptors (Lipinski definition) is 4. The van der Waals surface area contributed by atoms with Crippen molar-refractivity contribution in [1.29, 1.82) is 0 Å². The Bertz CT molecular complexity index is 853. The van der Waals surface area contributed by atoms with Crippen molar-refractivity contribution in [3.63, 3.8) is 0 Å². The maximum atomic E-state index is 12.4. The Labute approximate surface area is 159 Å². The molecule has 0 spiro atoms. The predicted molar refractivity (Wildman–Crippen MR) is 96.8 cm³/mol. The van der Waals surface area contributed by atoms with Crippen molar-refractivity contribution >= 4 is 41.0 Å². The van der Waals surface area contributed by atoms with E-state index in [0.29, 0.717) is 15.6 Å². The Kier molecular flexibility index (Phi) is 6.60. The number of aliphatic carboxylic acids is 1. The quantitative estimate of drug-likeness (QED) is 0.577. The molecule has 1 atom stereocenters. The lowest BCUT2D eigenvalue weighted by molar-refractivity contribution is -0.139. The molecule has 26 heavy (non-hydrogen) atoms. The molecule has 2 rings (SSSR count). The second-order valence-corrected chi connectivity index (χ2v) is 6.27. The molecule has 2 N–H and O–H groups in total. The van der Waals surface area contributed by atoms with Crippen molar-refractivity contribution in [2.45, 2.75) is 19.4 Å². The minimum atomic E-state index is -1.21. The largest absolute Gasteiger partial charge is 0.480 e. The molecule has 0 fully saturated rings. The normalized spacial score (nSPS) is 11.5. The highest BCUT2D eigenvalue weighted by Gasteiger charge is 2.22.